The zero-order valence-corrected chi connectivity index (χ0v) is 12.7. The van der Waals surface area contributed by atoms with Gasteiger partial charge in [-0.2, -0.15) is 0 Å². The number of benzene rings is 1. The van der Waals surface area contributed by atoms with E-state index in [-0.39, 0.29) is 0 Å². The summed E-state index contributed by atoms with van der Waals surface area (Å²) >= 11 is 12.3. The Morgan fingerprint density at radius 3 is 2.50 bits per heavy atom. The van der Waals surface area contributed by atoms with Gasteiger partial charge in [-0.25, -0.2) is 0 Å². The molecule has 0 radical (unpaired) electrons. The van der Waals surface area contributed by atoms with Gasteiger partial charge in [-0.15, -0.1) is 0 Å². The van der Waals surface area contributed by atoms with Crippen molar-refractivity contribution in [1.82, 2.24) is 5.32 Å². The Kier molecular flexibility index (Phi) is 6.83. The van der Waals surface area contributed by atoms with E-state index in [0.717, 1.165) is 36.4 Å². The Labute approximate surface area is 120 Å². The van der Waals surface area contributed by atoms with Gasteiger partial charge in [0.15, 0.2) is 0 Å². The molecule has 1 aromatic carbocycles. The van der Waals surface area contributed by atoms with Crippen LogP contribution in [0.3, 0.4) is 0 Å². The summed E-state index contributed by atoms with van der Waals surface area (Å²) in [4.78, 5) is 0. The first kappa shape index (κ1) is 15.6. The van der Waals surface area contributed by atoms with E-state index in [1.54, 1.807) is 13.2 Å². The third kappa shape index (κ3) is 5.05. The fraction of sp³-hybridized carbons (Fsp3) is 0.571. The molecule has 0 bridgehead atoms. The number of nitrogens with one attached hydrogen (secondary N) is 1. The van der Waals surface area contributed by atoms with Gasteiger partial charge in [-0.05, 0) is 37.4 Å². The molecule has 0 saturated heterocycles. The van der Waals surface area contributed by atoms with Gasteiger partial charge in [0.05, 0.1) is 12.1 Å². The monoisotopic (exact) mass is 289 g/mol. The van der Waals surface area contributed by atoms with Gasteiger partial charge in [0.25, 0.3) is 0 Å². The van der Waals surface area contributed by atoms with Crippen LogP contribution >= 0.6 is 23.2 Å². The molecule has 0 spiro atoms. The van der Waals surface area contributed by atoms with Crippen LogP contribution in [0.5, 0.6) is 5.75 Å². The Morgan fingerprint density at radius 1 is 1.17 bits per heavy atom. The lowest BCUT2D eigenvalue weighted by molar-refractivity contribution is 0.415. The summed E-state index contributed by atoms with van der Waals surface area (Å²) in [6.07, 6.45) is 3.18. The molecule has 1 N–H and O–H groups in total. The van der Waals surface area contributed by atoms with Gasteiger partial charge in [0.1, 0.15) is 5.75 Å². The van der Waals surface area contributed by atoms with E-state index in [1.807, 2.05) is 6.07 Å². The van der Waals surface area contributed by atoms with Crippen LogP contribution in [0.1, 0.15) is 32.3 Å². The van der Waals surface area contributed by atoms with E-state index in [0.29, 0.717) is 16.8 Å². The quantitative estimate of drug-likeness (QED) is 0.755. The molecule has 1 aromatic rings. The Bertz CT molecular complexity index is 380. The molecule has 0 aliphatic heterocycles. The number of hydrogen-bond donors (Lipinski definition) is 1. The lowest BCUT2D eigenvalue weighted by atomic mass is 10.1. The normalized spacial score (nSPS) is 11.0. The van der Waals surface area contributed by atoms with Gasteiger partial charge in [0, 0.05) is 17.1 Å². The Balaban J connectivity index is 2.45. The van der Waals surface area contributed by atoms with E-state index in [1.165, 1.54) is 0 Å². The number of ether oxygens (including phenoxy) is 1. The van der Waals surface area contributed by atoms with Crippen molar-refractivity contribution in [3.63, 3.8) is 0 Å². The second-order valence-electron chi connectivity index (χ2n) is 4.64. The fourth-order valence-corrected chi connectivity index (χ4v) is 2.26. The predicted molar refractivity (Wildman–Crippen MR) is 79.1 cm³/mol. The number of unbranched alkanes of at least 4 members (excludes halogenated alkanes) is 1. The van der Waals surface area contributed by atoms with Crippen molar-refractivity contribution in [3.8, 4) is 5.75 Å². The number of methoxy groups -OCH3 is 1. The smallest absolute Gasteiger partial charge is 0.138 e. The molecule has 0 atom stereocenters. The molecule has 0 unspecified atom stereocenters. The van der Waals surface area contributed by atoms with E-state index in [4.69, 9.17) is 27.9 Å². The van der Waals surface area contributed by atoms with Gasteiger partial charge < -0.3 is 10.1 Å². The third-order valence-electron chi connectivity index (χ3n) is 2.75. The molecule has 1 rings (SSSR count). The summed E-state index contributed by atoms with van der Waals surface area (Å²) in [6.45, 7) is 5.35. The second-order valence-corrected chi connectivity index (χ2v) is 5.46. The minimum Gasteiger partial charge on any atom is -0.495 e. The number of rotatable bonds is 7. The highest BCUT2D eigenvalue weighted by Crippen LogP contribution is 2.31. The molecule has 0 saturated carbocycles. The maximum absolute atomic E-state index is 6.19. The molecule has 0 heterocycles. The fourth-order valence-electron chi connectivity index (χ4n) is 1.75. The number of hydrogen-bond acceptors (Lipinski definition) is 2. The zero-order chi connectivity index (χ0) is 13.5. The van der Waals surface area contributed by atoms with Crippen molar-refractivity contribution >= 4 is 23.2 Å². The molecular formula is C14H21Cl2NO. The van der Waals surface area contributed by atoms with Crippen molar-refractivity contribution < 1.29 is 4.74 Å². The zero-order valence-electron chi connectivity index (χ0n) is 11.2. The molecule has 4 heteroatoms. The van der Waals surface area contributed by atoms with Crippen LogP contribution in [-0.4, -0.2) is 19.7 Å². The van der Waals surface area contributed by atoms with E-state index >= 15 is 0 Å². The van der Waals surface area contributed by atoms with Gasteiger partial charge in [0.2, 0.25) is 0 Å². The van der Waals surface area contributed by atoms with Gasteiger partial charge in [-0.3, -0.25) is 0 Å². The molecule has 0 aromatic heterocycles. The van der Waals surface area contributed by atoms with Crippen molar-refractivity contribution in [3.05, 3.63) is 27.7 Å². The average Bonchev–Trinajstić information content (AvgIpc) is 2.32. The van der Waals surface area contributed by atoms with E-state index < -0.39 is 0 Å². The summed E-state index contributed by atoms with van der Waals surface area (Å²) in [5.74, 6) is 0.631. The van der Waals surface area contributed by atoms with Crippen molar-refractivity contribution in [1.29, 1.82) is 0 Å². The minimum atomic E-state index is 0.545. The highest BCUT2D eigenvalue weighted by molar-refractivity contribution is 6.34. The maximum atomic E-state index is 6.19. The highest BCUT2D eigenvalue weighted by Gasteiger charge is 2.07. The van der Waals surface area contributed by atoms with Crippen molar-refractivity contribution in [2.24, 2.45) is 0 Å². The predicted octanol–water partition coefficient (Wildman–Crippen LogP) is 4.32. The lowest BCUT2D eigenvalue weighted by Crippen LogP contribution is -2.23. The van der Waals surface area contributed by atoms with Gasteiger partial charge >= 0.3 is 0 Å². The maximum Gasteiger partial charge on any atom is 0.138 e. The first-order valence-electron chi connectivity index (χ1n) is 6.30. The highest BCUT2D eigenvalue weighted by atomic mass is 35.5. The van der Waals surface area contributed by atoms with Crippen LogP contribution in [0.25, 0.3) is 0 Å². The average molecular weight is 290 g/mol. The third-order valence-corrected chi connectivity index (χ3v) is 3.39. The van der Waals surface area contributed by atoms with Crippen LogP contribution < -0.4 is 10.1 Å². The Hall–Kier alpha value is -0.440. The Morgan fingerprint density at radius 2 is 1.89 bits per heavy atom. The van der Waals surface area contributed by atoms with E-state index in [9.17, 15) is 0 Å². The van der Waals surface area contributed by atoms with Crippen LogP contribution in [0.15, 0.2) is 12.1 Å². The SMILES string of the molecule is COc1cc(Cl)c(CCCCNC(C)C)cc1Cl. The summed E-state index contributed by atoms with van der Waals surface area (Å²) in [7, 11) is 1.59. The largest absolute Gasteiger partial charge is 0.495 e. The molecule has 0 aliphatic rings. The van der Waals surface area contributed by atoms with Crippen molar-refractivity contribution in [2.75, 3.05) is 13.7 Å². The van der Waals surface area contributed by atoms with Crippen LogP contribution in [0, 0.1) is 0 Å². The molecule has 18 heavy (non-hydrogen) atoms. The van der Waals surface area contributed by atoms with E-state index in [2.05, 4.69) is 19.2 Å². The van der Waals surface area contributed by atoms with Crippen LogP contribution in [0.4, 0.5) is 0 Å². The second kappa shape index (κ2) is 7.88. The van der Waals surface area contributed by atoms with Crippen molar-refractivity contribution in [2.45, 2.75) is 39.2 Å². The summed E-state index contributed by atoms with van der Waals surface area (Å²) < 4.78 is 5.12. The molecule has 0 aliphatic carbocycles. The number of halogens is 2. The number of aryl methyl sites for hydroxylation is 1. The van der Waals surface area contributed by atoms with Crippen LogP contribution in [-0.2, 0) is 6.42 Å². The first-order valence-corrected chi connectivity index (χ1v) is 7.05. The molecule has 102 valence electrons. The van der Waals surface area contributed by atoms with Gasteiger partial charge in [-0.1, -0.05) is 37.0 Å². The van der Waals surface area contributed by atoms with Crippen LogP contribution in [0.2, 0.25) is 10.0 Å². The minimum absolute atomic E-state index is 0.545. The summed E-state index contributed by atoms with van der Waals surface area (Å²) in [5.41, 5.74) is 1.09. The first-order chi connectivity index (χ1) is 8.54. The molecule has 2 nitrogen and oxygen atoms in total. The molecular weight excluding hydrogens is 269 g/mol. The molecule has 0 amide bonds. The lowest BCUT2D eigenvalue weighted by Gasteiger charge is -2.10. The standard InChI is InChI=1S/C14H21Cl2NO/c1-10(2)17-7-5-4-6-11-8-13(16)14(18-3)9-12(11)15/h8-10,17H,4-7H2,1-3H3. The summed E-state index contributed by atoms with van der Waals surface area (Å²) in [5, 5.41) is 4.75. The summed E-state index contributed by atoms with van der Waals surface area (Å²) in [6, 6.07) is 4.23. The molecule has 0 fully saturated rings. The topological polar surface area (TPSA) is 21.3 Å².